The second-order valence-corrected chi connectivity index (χ2v) is 7.29. The highest BCUT2D eigenvalue weighted by Gasteiger charge is 2.28. The molecule has 0 aliphatic heterocycles. The van der Waals surface area contributed by atoms with Gasteiger partial charge in [-0.2, -0.15) is 9.61 Å². The van der Waals surface area contributed by atoms with E-state index in [9.17, 15) is 4.79 Å². The van der Waals surface area contributed by atoms with Gasteiger partial charge in [0.1, 0.15) is 11.0 Å². The van der Waals surface area contributed by atoms with Crippen LogP contribution in [0.5, 0.6) is 5.75 Å². The number of carbonyl (C=O) groups is 1. The molecule has 1 fully saturated rings. The number of carboxylic acid groups (broad SMARTS) is 1. The monoisotopic (exact) mass is 366 g/mol. The largest absolute Gasteiger partial charge is 0.511 e. The van der Waals surface area contributed by atoms with Crippen molar-refractivity contribution < 1.29 is 14.6 Å². The summed E-state index contributed by atoms with van der Waals surface area (Å²) in [7, 11) is 0. The van der Waals surface area contributed by atoms with Gasteiger partial charge in [-0.1, -0.05) is 38.3 Å². The van der Waals surface area contributed by atoms with E-state index in [-0.39, 0.29) is 11.8 Å². The highest BCUT2D eigenvalue weighted by atomic mass is 35.5. The normalized spacial score (nSPS) is 16.5. The number of rotatable bonds is 5. The van der Waals surface area contributed by atoms with Crippen LogP contribution in [0.2, 0.25) is 5.15 Å². The molecule has 3 rings (SSSR count). The third kappa shape index (κ3) is 3.51. The minimum Gasteiger partial charge on any atom is -0.449 e. The maximum atomic E-state index is 10.9. The minimum absolute atomic E-state index is 0.0765. The number of aromatic nitrogens is 3. The van der Waals surface area contributed by atoms with E-state index in [1.807, 2.05) is 0 Å². The van der Waals surface area contributed by atoms with E-state index < -0.39 is 6.16 Å². The van der Waals surface area contributed by atoms with Gasteiger partial charge in [0, 0.05) is 11.6 Å². The molecule has 0 bridgehead atoms. The van der Waals surface area contributed by atoms with Crippen molar-refractivity contribution in [3.63, 3.8) is 0 Å². The van der Waals surface area contributed by atoms with E-state index in [1.54, 1.807) is 4.52 Å². The van der Waals surface area contributed by atoms with E-state index >= 15 is 0 Å². The molecular weight excluding hydrogens is 344 g/mol. The summed E-state index contributed by atoms with van der Waals surface area (Å²) in [5.41, 5.74) is 1.26. The molecule has 1 atom stereocenters. The van der Waals surface area contributed by atoms with E-state index in [0.29, 0.717) is 22.6 Å². The smallest absolute Gasteiger partial charge is 0.449 e. The molecule has 0 aromatic carbocycles. The molecule has 1 aliphatic rings. The van der Waals surface area contributed by atoms with Crippen molar-refractivity contribution in [1.29, 1.82) is 0 Å². The van der Waals surface area contributed by atoms with E-state index in [4.69, 9.17) is 21.4 Å². The van der Waals surface area contributed by atoms with Gasteiger partial charge in [-0.15, -0.1) is 0 Å². The Bertz CT molecular complexity index is 784. The molecule has 2 heterocycles. The van der Waals surface area contributed by atoms with Crippen LogP contribution in [0.25, 0.3) is 5.65 Å². The lowest BCUT2D eigenvalue weighted by Crippen LogP contribution is -2.25. The fraction of sp³-hybridized carbons (Fsp3) is 0.588. The van der Waals surface area contributed by atoms with Gasteiger partial charge >= 0.3 is 6.16 Å². The Balaban J connectivity index is 2.15. The molecule has 7 nitrogen and oxygen atoms in total. The van der Waals surface area contributed by atoms with Gasteiger partial charge < -0.3 is 15.2 Å². The van der Waals surface area contributed by atoms with Crippen molar-refractivity contribution in [3.05, 3.63) is 16.9 Å². The lowest BCUT2D eigenvalue weighted by molar-refractivity contribution is 0.145. The molecule has 1 saturated carbocycles. The first-order chi connectivity index (χ1) is 11.9. The lowest BCUT2D eigenvalue weighted by Gasteiger charge is -2.24. The predicted octanol–water partition coefficient (Wildman–Crippen LogP) is 4.55. The van der Waals surface area contributed by atoms with Crippen LogP contribution < -0.4 is 10.1 Å². The summed E-state index contributed by atoms with van der Waals surface area (Å²) in [5, 5.41) is 17.1. The molecule has 0 radical (unpaired) electrons. The number of fused-ring (bicyclic) bond motifs is 1. The molecule has 2 aromatic heterocycles. The van der Waals surface area contributed by atoms with Gasteiger partial charge in [0.25, 0.3) is 0 Å². The second kappa shape index (κ2) is 7.07. The molecule has 0 spiro atoms. The molecule has 25 heavy (non-hydrogen) atoms. The number of hydrogen-bond acceptors (Lipinski definition) is 5. The molecule has 2 aromatic rings. The number of hydrogen-bond donors (Lipinski definition) is 2. The number of halogens is 1. The summed E-state index contributed by atoms with van der Waals surface area (Å²) in [6.07, 6.45) is 4.43. The Kier molecular flexibility index (Phi) is 5.03. The van der Waals surface area contributed by atoms with E-state index in [0.717, 1.165) is 24.2 Å². The fourth-order valence-electron chi connectivity index (χ4n) is 3.22. The number of anilines is 1. The Morgan fingerprint density at radius 1 is 1.40 bits per heavy atom. The van der Waals surface area contributed by atoms with Crippen LogP contribution in [0.4, 0.5) is 10.6 Å². The molecule has 0 unspecified atom stereocenters. The van der Waals surface area contributed by atoms with Crippen LogP contribution in [0.3, 0.4) is 0 Å². The summed E-state index contributed by atoms with van der Waals surface area (Å²) < 4.78 is 6.39. The first-order valence-electron chi connectivity index (χ1n) is 8.63. The Hall–Kier alpha value is -2.02. The standard InChI is InChI=1S/C17H23ClN4O3/c1-9(2)10(3)20-16-13(11-6-4-5-7-11)14(18)21-15-12(25-17(23)24)8-19-22(15)16/h8-11,20H,4-7H2,1-3H3,(H,23,24)/t10-/m1/s1. The van der Waals surface area contributed by atoms with Crippen LogP contribution in [-0.2, 0) is 0 Å². The van der Waals surface area contributed by atoms with Gasteiger partial charge in [0.05, 0.1) is 6.20 Å². The molecule has 136 valence electrons. The van der Waals surface area contributed by atoms with Crippen LogP contribution in [-0.4, -0.2) is 31.9 Å². The third-order valence-corrected chi connectivity index (χ3v) is 5.22. The predicted molar refractivity (Wildman–Crippen MR) is 95.8 cm³/mol. The average molecular weight is 367 g/mol. The van der Waals surface area contributed by atoms with E-state index in [1.165, 1.54) is 19.0 Å². The first-order valence-corrected chi connectivity index (χ1v) is 9.00. The molecule has 0 amide bonds. The van der Waals surface area contributed by atoms with Gasteiger partial charge in [-0.3, -0.25) is 0 Å². The number of nitrogens with zero attached hydrogens (tertiary/aromatic N) is 3. The van der Waals surface area contributed by atoms with Crippen LogP contribution in [0.1, 0.15) is 57.9 Å². The minimum atomic E-state index is -1.40. The van der Waals surface area contributed by atoms with Crippen molar-refractivity contribution in [3.8, 4) is 5.75 Å². The first kappa shape index (κ1) is 17.8. The van der Waals surface area contributed by atoms with Crippen LogP contribution in [0.15, 0.2) is 6.20 Å². The molecule has 8 heteroatoms. The van der Waals surface area contributed by atoms with Gasteiger partial charge in [-0.25, -0.2) is 9.78 Å². The SMILES string of the molecule is CC(C)[C@@H](C)Nc1c(C2CCCC2)c(Cl)nc2c(OC(=O)O)cnn12. The van der Waals surface area contributed by atoms with Gasteiger partial charge in [0.2, 0.25) is 5.65 Å². The van der Waals surface area contributed by atoms with Crippen LogP contribution in [0, 0.1) is 5.92 Å². The van der Waals surface area contributed by atoms with E-state index in [2.05, 4.69) is 36.2 Å². The summed E-state index contributed by atoms with van der Waals surface area (Å²) in [4.78, 5) is 15.3. The summed E-state index contributed by atoms with van der Waals surface area (Å²) in [5.74, 6) is 1.60. The zero-order valence-corrected chi connectivity index (χ0v) is 15.4. The highest BCUT2D eigenvalue weighted by molar-refractivity contribution is 6.30. The van der Waals surface area contributed by atoms with Gasteiger partial charge in [-0.05, 0) is 31.6 Å². The van der Waals surface area contributed by atoms with Gasteiger partial charge in [0.15, 0.2) is 5.75 Å². The van der Waals surface area contributed by atoms with Crippen LogP contribution >= 0.6 is 11.6 Å². The maximum absolute atomic E-state index is 10.9. The number of ether oxygens (including phenoxy) is 1. The molecule has 1 aliphatic carbocycles. The topological polar surface area (TPSA) is 88.8 Å². The maximum Gasteiger partial charge on any atom is 0.511 e. The summed E-state index contributed by atoms with van der Waals surface area (Å²) in [6, 6.07) is 0.190. The molecule has 0 saturated heterocycles. The quantitative estimate of drug-likeness (QED) is 0.596. The Morgan fingerprint density at radius 2 is 2.08 bits per heavy atom. The average Bonchev–Trinajstić information content (AvgIpc) is 3.17. The molecular formula is C17H23ClN4O3. The van der Waals surface area contributed by atoms with Crippen molar-refractivity contribution in [1.82, 2.24) is 14.6 Å². The zero-order valence-electron chi connectivity index (χ0n) is 14.6. The fourth-order valence-corrected chi connectivity index (χ4v) is 3.55. The lowest BCUT2D eigenvalue weighted by atomic mass is 9.98. The Labute approximate surface area is 151 Å². The van der Waals surface area contributed by atoms with Crippen molar-refractivity contribution in [2.45, 2.75) is 58.4 Å². The Morgan fingerprint density at radius 3 is 2.68 bits per heavy atom. The summed E-state index contributed by atoms with van der Waals surface area (Å²) in [6.45, 7) is 6.37. The zero-order chi connectivity index (χ0) is 18.1. The van der Waals surface area contributed by atoms with Crippen molar-refractivity contribution in [2.24, 2.45) is 5.92 Å². The summed E-state index contributed by atoms with van der Waals surface area (Å²) >= 11 is 6.52. The third-order valence-electron chi connectivity index (χ3n) is 4.93. The highest BCUT2D eigenvalue weighted by Crippen LogP contribution is 2.42. The number of nitrogens with one attached hydrogen (secondary N) is 1. The second-order valence-electron chi connectivity index (χ2n) is 6.94. The van der Waals surface area contributed by atoms with Crippen molar-refractivity contribution >= 4 is 29.2 Å². The molecule has 2 N–H and O–H groups in total. The van der Waals surface area contributed by atoms with Crippen molar-refractivity contribution in [2.75, 3.05) is 5.32 Å².